The molecule has 0 radical (unpaired) electrons. The summed E-state index contributed by atoms with van der Waals surface area (Å²) in [6.45, 7) is 6.76. The number of ether oxygens (including phenoxy) is 1. The Kier molecular flexibility index (Phi) is 6.31. The van der Waals surface area contributed by atoms with Gasteiger partial charge in [-0.15, -0.1) is 0 Å². The fourth-order valence-corrected chi connectivity index (χ4v) is 4.13. The molecule has 2 unspecified atom stereocenters. The van der Waals surface area contributed by atoms with E-state index in [0.717, 1.165) is 4.90 Å². The Bertz CT molecular complexity index is 1010. The minimum Gasteiger partial charge on any atom is -0.427 e. The zero-order chi connectivity index (χ0) is 22.9. The molecule has 2 aromatic carbocycles. The van der Waals surface area contributed by atoms with Crippen LogP contribution < -0.4 is 10.1 Å². The van der Waals surface area contributed by atoms with E-state index in [2.05, 4.69) is 21.2 Å². The number of hydrogen-bond donors (Lipinski definition) is 1. The molecule has 1 aliphatic rings. The minimum absolute atomic E-state index is 0.269. The lowest BCUT2D eigenvalue weighted by molar-refractivity contribution is -0.132. The van der Waals surface area contributed by atoms with Crippen LogP contribution in [0.3, 0.4) is 0 Å². The molecular weight excluding hydrogens is 464 g/mol. The third kappa shape index (κ3) is 4.85. The van der Waals surface area contributed by atoms with E-state index in [-0.39, 0.29) is 11.1 Å². The third-order valence-electron chi connectivity index (χ3n) is 4.61. The number of hydrogen-bond acceptors (Lipinski definition) is 5. The molecule has 0 aliphatic carbocycles. The zero-order valence-electron chi connectivity index (χ0n) is 17.6. The van der Waals surface area contributed by atoms with Gasteiger partial charge in [0.1, 0.15) is 11.8 Å². The largest absolute Gasteiger partial charge is 0.427 e. The van der Waals surface area contributed by atoms with Gasteiger partial charge in [-0.05, 0) is 50.6 Å². The molecule has 3 amide bonds. The van der Waals surface area contributed by atoms with Crippen molar-refractivity contribution in [1.29, 1.82) is 0 Å². The van der Waals surface area contributed by atoms with Crippen LogP contribution in [0.5, 0.6) is 5.75 Å². The maximum absolute atomic E-state index is 13.3. The van der Waals surface area contributed by atoms with Gasteiger partial charge >= 0.3 is 5.97 Å². The van der Waals surface area contributed by atoms with Crippen molar-refractivity contribution >= 4 is 39.6 Å². The van der Waals surface area contributed by atoms with Gasteiger partial charge in [-0.25, -0.2) is 0 Å². The van der Waals surface area contributed by atoms with E-state index in [9.17, 15) is 19.2 Å². The number of fused-ring (bicyclic) bond motifs is 1. The maximum Gasteiger partial charge on any atom is 0.308 e. The molecule has 0 fully saturated rings. The van der Waals surface area contributed by atoms with Gasteiger partial charge in [0, 0.05) is 12.5 Å². The van der Waals surface area contributed by atoms with Gasteiger partial charge in [0.25, 0.3) is 11.8 Å². The van der Waals surface area contributed by atoms with Crippen molar-refractivity contribution in [3.8, 4) is 5.75 Å². The highest BCUT2D eigenvalue weighted by Crippen LogP contribution is 2.36. The quantitative estimate of drug-likeness (QED) is 0.301. The van der Waals surface area contributed by atoms with Crippen LogP contribution in [0.2, 0.25) is 0 Å². The fraction of sp³-hybridized carbons (Fsp3) is 0.304. The summed E-state index contributed by atoms with van der Waals surface area (Å²) in [4.78, 5) is 50.9. The number of imide groups is 1. The van der Waals surface area contributed by atoms with Gasteiger partial charge in [0.15, 0.2) is 0 Å². The first-order valence-electron chi connectivity index (χ1n) is 9.71. The molecule has 1 N–H and O–H groups in total. The van der Waals surface area contributed by atoms with Crippen LogP contribution in [0.4, 0.5) is 0 Å². The summed E-state index contributed by atoms with van der Waals surface area (Å²) in [6, 6.07) is 11.9. The van der Waals surface area contributed by atoms with Gasteiger partial charge in [-0.2, -0.15) is 0 Å². The van der Waals surface area contributed by atoms with Crippen molar-refractivity contribution in [3.05, 3.63) is 65.2 Å². The van der Waals surface area contributed by atoms with Crippen LogP contribution in [-0.2, 0) is 9.59 Å². The second-order valence-electron chi connectivity index (χ2n) is 8.27. The molecule has 1 aliphatic heterocycles. The zero-order valence-corrected chi connectivity index (χ0v) is 19.2. The molecule has 1 heterocycles. The number of esters is 1. The maximum atomic E-state index is 13.3. The second kappa shape index (κ2) is 8.63. The van der Waals surface area contributed by atoms with Gasteiger partial charge in [0.2, 0.25) is 5.91 Å². The summed E-state index contributed by atoms with van der Waals surface area (Å²) in [7, 11) is 0. The van der Waals surface area contributed by atoms with Crippen LogP contribution in [0.1, 0.15) is 58.8 Å². The highest BCUT2D eigenvalue weighted by molar-refractivity contribution is 9.09. The van der Waals surface area contributed by atoms with Crippen LogP contribution in [0.15, 0.2) is 48.5 Å². The van der Waals surface area contributed by atoms with Crippen LogP contribution in [-0.4, -0.2) is 40.2 Å². The van der Waals surface area contributed by atoms with Crippen molar-refractivity contribution in [2.45, 2.75) is 44.1 Å². The Morgan fingerprint density at radius 1 is 0.968 bits per heavy atom. The van der Waals surface area contributed by atoms with Crippen LogP contribution in [0.25, 0.3) is 0 Å². The molecule has 31 heavy (non-hydrogen) atoms. The Labute approximate surface area is 188 Å². The topological polar surface area (TPSA) is 92.8 Å². The van der Waals surface area contributed by atoms with Gasteiger partial charge < -0.3 is 10.1 Å². The molecule has 7 nitrogen and oxygen atoms in total. The van der Waals surface area contributed by atoms with E-state index < -0.39 is 40.1 Å². The van der Waals surface area contributed by atoms with Crippen molar-refractivity contribution in [2.24, 2.45) is 0 Å². The van der Waals surface area contributed by atoms with Crippen molar-refractivity contribution in [1.82, 2.24) is 10.2 Å². The Morgan fingerprint density at radius 3 is 1.94 bits per heavy atom. The number of alkyl halides is 1. The number of amides is 3. The van der Waals surface area contributed by atoms with E-state index in [4.69, 9.17) is 4.74 Å². The lowest BCUT2D eigenvalue weighted by atomic mass is 10.0. The molecular formula is C23H23BrN2O5. The van der Waals surface area contributed by atoms with Crippen LogP contribution in [0, 0.1) is 0 Å². The van der Waals surface area contributed by atoms with E-state index >= 15 is 0 Å². The summed E-state index contributed by atoms with van der Waals surface area (Å²) in [5.74, 6) is -1.59. The summed E-state index contributed by atoms with van der Waals surface area (Å²) in [6.07, 6.45) is 0. The smallest absolute Gasteiger partial charge is 0.308 e. The summed E-state index contributed by atoms with van der Waals surface area (Å²) >= 11 is 3.53. The lowest BCUT2D eigenvalue weighted by Crippen LogP contribution is -2.55. The standard InChI is InChI=1S/C23H23BrN2O5/c1-13(27)31-15-11-9-14(10-12-15)18(24)19(20(28)25-23(2,3)4)26-21(29)16-7-5-6-8-17(16)22(26)30/h5-12,18-19H,1-4H3,(H,25,28). The molecule has 0 spiro atoms. The summed E-state index contributed by atoms with van der Waals surface area (Å²) < 4.78 is 5.05. The third-order valence-corrected chi connectivity index (χ3v) is 5.64. The van der Waals surface area contributed by atoms with Gasteiger partial charge in [-0.1, -0.05) is 40.2 Å². The van der Waals surface area contributed by atoms with E-state index in [0.29, 0.717) is 11.3 Å². The number of rotatable bonds is 5. The van der Waals surface area contributed by atoms with E-state index in [1.807, 2.05) is 20.8 Å². The van der Waals surface area contributed by atoms with Crippen molar-refractivity contribution in [3.63, 3.8) is 0 Å². The highest BCUT2D eigenvalue weighted by Gasteiger charge is 2.46. The average molecular weight is 487 g/mol. The molecule has 0 saturated carbocycles. The summed E-state index contributed by atoms with van der Waals surface area (Å²) in [5, 5.41) is 2.87. The summed E-state index contributed by atoms with van der Waals surface area (Å²) in [5.41, 5.74) is 0.610. The fourth-order valence-electron chi connectivity index (χ4n) is 3.35. The van der Waals surface area contributed by atoms with E-state index in [1.54, 1.807) is 48.5 Å². The molecule has 2 atom stereocenters. The normalized spacial score (nSPS) is 15.3. The number of nitrogens with one attached hydrogen (secondary N) is 1. The van der Waals surface area contributed by atoms with Crippen molar-refractivity contribution < 1.29 is 23.9 Å². The molecule has 2 aromatic rings. The highest BCUT2D eigenvalue weighted by atomic mass is 79.9. The first-order valence-corrected chi connectivity index (χ1v) is 10.6. The molecule has 0 bridgehead atoms. The Morgan fingerprint density at radius 2 is 1.48 bits per heavy atom. The van der Waals surface area contributed by atoms with Gasteiger partial charge in [0.05, 0.1) is 16.0 Å². The number of carbonyl (C=O) groups excluding carboxylic acids is 4. The van der Waals surface area contributed by atoms with Crippen molar-refractivity contribution in [2.75, 3.05) is 0 Å². The second-order valence-corrected chi connectivity index (χ2v) is 9.26. The number of carbonyl (C=O) groups is 4. The monoisotopic (exact) mass is 486 g/mol. The van der Waals surface area contributed by atoms with E-state index in [1.165, 1.54) is 6.92 Å². The average Bonchev–Trinajstić information content (AvgIpc) is 2.92. The number of nitrogens with zero attached hydrogens (tertiary/aromatic N) is 1. The first kappa shape index (κ1) is 22.7. The molecule has 162 valence electrons. The molecule has 0 aromatic heterocycles. The lowest BCUT2D eigenvalue weighted by Gasteiger charge is -2.32. The Hall–Kier alpha value is -3.00. The molecule has 0 saturated heterocycles. The minimum atomic E-state index is -1.13. The number of halogens is 1. The van der Waals surface area contributed by atoms with Crippen LogP contribution >= 0.6 is 15.9 Å². The Balaban J connectivity index is 1.99. The molecule has 3 rings (SSSR count). The first-order chi connectivity index (χ1) is 14.5. The SMILES string of the molecule is CC(=O)Oc1ccc(C(Br)C(C(=O)NC(C)(C)C)N2C(=O)c3ccccc3C2=O)cc1. The molecule has 8 heteroatoms. The number of benzene rings is 2. The predicted octanol–water partition coefficient (Wildman–Crippen LogP) is 3.63. The predicted molar refractivity (Wildman–Crippen MR) is 118 cm³/mol. The van der Waals surface area contributed by atoms with Gasteiger partial charge in [-0.3, -0.25) is 24.1 Å².